The van der Waals surface area contributed by atoms with Gasteiger partial charge in [-0.25, -0.2) is 9.69 Å². The zero-order valence-electron chi connectivity index (χ0n) is 28.1. The number of imide groups is 2. The number of amides is 4. The normalized spacial score (nSPS) is 26.4. The van der Waals surface area contributed by atoms with Crippen molar-refractivity contribution < 1.29 is 34.2 Å². The lowest BCUT2D eigenvalue weighted by atomic mass is 9.48. The van der Waals surface area contributed by atoms with Crippen LogP contribution in [0.4, 0.5) is 11.4 Å². The summed E-state index contributed by atoms with van der Waals surface area (Å²) in [7, 11) is 0. The number of anilines is 2. The van der Waals surface area contributed by atoms with Gasteiger partial charge in [-0.05, 0) is 77.6 Å². The Morgan fingerprint density at radius 2 is 1.45 bits per heavy atom. The molecule has 2 N–H and O–H groups in total. The van der Waals surface area contributed by atoms with E-state index in [1.165, 1.54) is 29.2 Å². The second-order valence-electron chi connectivity index (χ2n) is 14.2. The topological polar surface area (TPSA) is 132 Å². The Morgan fingerprint density at radius 1 is 0.736 bits per heavy atom. The number of fused-ring (bicyclic) bond motifs is 5. The second kappa shape index (κ2) is 12.0. The third-order valence-corrected chi connectivity index (χ3v) is 12.0. The average Bonchev–Trinajstić information content (AvgIpc) is 3.56. The number of carboxylic acids is 1. The number of rotatable bonds is 5. The summed E-state index contributed by atoms with van der Waals surface area (Å²) < 4.78 is 0. The van der Waals surface area contributed by atoms with Crippen LogP contribution in [-0.2, 0) is 24.6 Å². The van der Waals surface area contributed by atoms with Crippen molar-refractivity contribution in [2.24, 2.45) is 23.7 Å². The molecule has 2 aliphatic carbocycles. The molecule has 6 atom stereocenters. The maximum absolute atomic E-state index is 15.5. The molecule has 0 radical (unpaired) electrons. The number of benzene rings is 5. The second-order valence-corrected chi connectivity index (χ2v) is 14.6. The molecule has 2 heterocycles. The summed E-state index contributed by atoms with van der Waals surface area (Å²) in [5, 5.41) is 23.4. The summed E-state index contributed by atoms with van der Waals surface area (Å²) in [6.07, 6.45) is 2.18. The Labute approximate surface area is 308 Å². The number of hydrogen-bond acceptors (Lipinski definition) is 6. The third kappa shape index (κ3) is 4.59. The van der Waals surface area contributed by atoms with Crippen molar-refractivity contribution in [2.45, 2.75) is 24.2 Å². The molecule has 2 saturated heterocycles. The van der Waals surface area contributed by atoms with Gasteiger partial charge in [0.15, 0.2) is 0 Å². The van der Waals surface area contributed by atoms with Crippen molar-refractivity contribution in [3.8, 4) is 5.75 Å². The van der Waals surface area contributed by atoms with Crippen LogP contribution in [0.25, 0.3) is 10.8 Å². The van der Waals surface area contributed by atoms with E-state index in [1.54, 1.807) is 36.4 Å². The van der Waals surface area contributed by atoms with Crippen LogP contribution >= 0.6 is 11.6 Å². The lowest BCUT2D eigenvalue weighted by molar-refractivity contribution is -0.127. The first-order chi connectivity index (χ1) is 25.6. The zero-order chi connectivity index (χ0) is 36.8. The van der Waals surface area contributed by atoms with E-state index < -0.39 is 64.6 Å². The Morgan fingerprint density at radius 3 is 2.21 bits per heavy atom. The minimum Gasteiger partial charge on any atom is -0.508 e. The van der Waals surface area contributed by atoms with Gasteiger partial charge in [0, 0.05) is 16.5 Å². The SMILES string of the molecule is O=C(O)c1cccc(N2C(=O)[C@H]3[C@H](CC=C4[C@H]3C[C@H]3C(=O)N(c5cccc(Cl)c5)C(=O)[C@@]3(c3ccccc3)[C@H]4c3c(O)ccc4ccccc34)C2=O)c1. The molecule has 9 rings (SSSR count). The lowest BCUT2D eigenvalue weighted by Crippen LogP contribution is -2.53. The van der Waals surface area contributed by atoms with E-state index >= 15 is 9.59 Å². The van der Waals surface area contributed by atoms with E-state index in [2.05, 4.69) is 0 Å². The molecule has 1 saturated carbocycles. The molecular formula is C43H31ClN2O7. The number of phenols is 1. The molecule has 10 heteroatoms. The first-order valence-electron chi connectivity index (χ1n) is 17.4. The van der Waals surface area contributed by atoms with Crippen molar-refractivity contribution in [1.29, 1.82) is 0 Å². The van der Waals surface area contributed by atoms with Crippen LogP contribution in [0.3, 0.4) is 0 Å². The molecule has 0 bridgehead atoms. The molecule has 262 valence electrons. The van der Waals surface area contributed by atoms with Gasteiger partial charge in [0.25, 0.3) is 0 Å². The molecule has 0 aromatic heterocycles. The van der Waals surface area contributed by atoms with Crippen LogP contribution in [0.5, 0.6) is 5.75 Å². The van der Waals surface area contributed by atoms with Gasteiger partial charge in [-0.15, -0.1) is 0 Å². The predicted octanol–water partition coefficient (Wildman–Crippen LogP) is 7.26. The highest BCUT2D eigenvalue weighted by Crippen LogP contribution is 2.66. The van der Waals surface area contributed by atoms with Gasteiger partial charge in [-0.3, -0.25) is 24.1 Å². The van der Waals surface area contributed by atoms with Gasteiger partial charge in [0.2, 0.25) is 23.6 Å². The van der Waals surface area contributed by atoms with Gasteiger partial charge in [-0.2, -0.15) is 0 Å². The average molecular weight is 723 g/mol. The van der Waals surface area contributed by atoms with Gasteiger partial charge in [-0.1, -0.05) is 96.0 Å². The number of carbonyl (C=O) groups is 5. The molecule has 5 aromatic rings. The standard InChI is InChI=1S/C43H31ClN2O7/c44-26-12-7-14-28(21-26)46-39(49)33-22-32-30(17-18-31-35(32)40(50)45(38(31)48)27-13-6-9-24(20-27)41(51)52)37(43(33,42(46)53)25-10-2-1-3-11-25)36-29-15-5-4-8-23(29)16-19-34(36)47/h1-17,19-21,31-33,35,37,47H,18,22H2,(H,51,52)/t31-,32+,33-,35-,37+,43+/m0/s1. The van der Waals surface area contributed by atoms with E-state index in [-0.39, 0.29) is 29.8 Å². The minimum atomic E-state index is -1.56. The Kier molecular flexibility index (Phi) is 7.43. The first kappa shape index (κ1) is 32.8. The number of carboxylic acid groups (broad SMARTS) is 1. The fourth-order valence-electron chi connectivity index (χ4n) is 9.68. The smallest absolute Gasteiger partial charge is 0.335 e. The highest BCUT2D eigenvalue weighted by molar-refractivity contribution is 6.32. The van der Waals surface area contributed by atoms with Crippen molar-refractivity contribution in [3.05, 3.63) is 149 Å². The number of aromatic carboxylic acids is 1. The summed E-state index contributed by atoms with van der Waals surface area (Å²) in [4.78, 5) is 73.4. The fraction of sp³-hybridized carbons (Fsp3) is 0.186. The van der Waals surface area contributed by atoms with Crippen LogP contribution in [0, 0.1) is 23.7 Å². The molecule has 5 aromatic carbocycles. The summed E-state index contributed by atoms with van der Waals surface area (Å²) in [6, 6.07) is 32.4. The molecule has 9 nitrogen and oxygen atoms in total. The Hall–Kier alpha value is -6.06. The maximum Gasteiger partial charge on any atom is 0.335 e. The van der Waals surface area contributed by atoms with Crippen molar-refractivity contribution >= 4 is 63.3 Å². The summed E-state index contributed by atoms with van der Waals surface area (Å²) in [6.45, 7) is 0. The fourth-order valence-corrected chi connectivity index (χ4v) is 9.86. The van der Waals surface area contributed by atoms with Crippen LogP contribution in [0.15, 0.2) is 127 Å². The molecular weight excluding hydrogens is 692 g/mol. The number of allylic oxidation sites excluding steroid dienone is 2. The first-order valence-corrected chi connectivity index (χ1v) is 17.8. The molecule has 2 aliphatic heterocycles. The van der Waals surface area contributed by atoms with E-state index in [0.717, 1.165) is 10.3 Å². The Balaban J connectivity index is 1.30. The maximum atomic E-state index is 15.5. The van der Waals surface area contributed by atoms with Crippen molar-refractivity contribution in [2.75, 3.05) is 9.80 Å². The Bertz CT molecular complexity index is 2460. The quantitative estimate of drug-likeness (QED) is 0.144. The van der Waals surface area contributed by atoms with Crippen LogP contribution in [0.2, 0.25) is 5.02 Å². The van der Waals surface area contributed by atoms with E-state index in [0.29, 0.717) is 32.8 Å². The zero-order valence-corrected chi connectivity index (χ0v) is 28.8. The largest absolute Gasteiger partial charge is 0.508 e. The molecule has 53 heavy (non-hydrogen) atoms. The predicted molar refractivity (Wildman–Crippen MR) is 198 cm³/mol. The monoisotopic (exact) mass is 722 g/mol. The number of phenolic OH excluding ortho intramolecular Hbond substituents is 1. The van der Waals surface area contributed by atoms with Crippen LogP contribution < -0.4 is 9.80 Å². The van der Waals surface area contributed by atoms with Crippen molar-refractivity contribution in [1.82, 2.24) is 0 Å². The number of aromatic hydroxyl groups is 1. The number of halogens is 1. The van der Waals surface area contributed by atoms with E-state index in [4.69, 9.17) is 11.6 Å². The summed E-state index contributed by atoms with van der Waals surface area (Å²) >= 11 is 6.42. The van der Waals surface area contributed by atoms with Crippen LogP contribution in [0.1, 0.15) is 40.2 Å². The van der Waals surface area contributed by atoms with Gasteiger partial charge >= 0.3 is 5.97 Å². The third-order valence-electron chi connectivity index (χ3n) is 11.8. The van der Waals surface area contributed by atoms with Gasteiger partial charge in [0.1, 0.15) is 5.75 Å². The summed E-state index contributed by atoms with van der Waals surface area (Å²) in [5.74, 6) is -7.39. The number of hydrogen-bond donors (Lipinski definition) is 2. The van der Waals surface area contributed by atoms with E-state index in [1.807, 2.05) is 60.7 Å². The molecule has 3 fully saturated rings. The van der Waals surface area contributed by atoms with Gasteiger partial charge in [0.05, 0.1) is 40.1 Å². The number of carbonyl (C=O) groups excluding carboxylic acids is 4. The van der Waals surface area contributed by atoms with Crippen LogP contribution in [-0.4, -0.2) is 39.8 Å². The van der Waals surface area contributed by atoms with E-state index in [9.17, 15) is 24.6 Å². The highest BCUT2D eigenvalue weighted by atomic mass is 35.5. The molecule has 4 aliphatic rings. The van der Waals surface area contributed by atoms with Crippen molar-refractivity contribution in [3.63, 3.8) is 0 Å². The highest BCUT2D eigenvalue weighted by Gasteiger charge is 2.70. The molecule has 0 unspecified atom stereocenters. The molecule has 4 amide bonds. The summed E-state index contributed by atoms with van der Waals surface area (Å²) in [5.41, 5.74) is 0.603. The van der Waals surface area contributed by atoms with Gasteiger partial charge < -0.3 is 10.2 Å². The number of nitrogens with zero attached hydrogens (tertiary/aromatic N) is 2. The lowest BCUT2D eigenvalue weighted by Gasteiger charge is -2.51. The molecule has 0 spiro atoms. The minimum absolute atomic E-state index is 0.0613.